The minimum atomic E-state index is -3.07. The second kappa shape index (κ2) is 15.1. The summed E-state index contributed by atoms with van der Waals surface area (Å²) in [6.07, 6.45) is 18.3. The second-order valence-corrected chi connectivity index (χ2v) is 12.7. The molecule has 1 fully saturated rings. The molecule has 0 aromatic heterocycles. The van der Waals surface area contributed by atoms with Crippen molar-refractivity contribution in [2.75, 3.05) is 12.0 Å². The van der Waals surface area contributed by atoms with Crippen molar-refractivity contribution in [3.05, 3.63) is 11.3 Å². The van der Waals surface area contributed by atoms with E-state index in [0.717, 1.165) is 44.3 Å². The predicted octanol–water partition coefficient (Wildman–Crippen LogP) is 5.83. The minimum Gasteiger partial charge on any atom is -0.493 e. The zero-order valence-electron chi connectivity index (χ0n) is 21.9. The Kier molecular flexibility index (Phi) is 13.0. The molecule has 2 heterocycles. The average Bonchev–Trinajstić information content (AvgIpc) is 3.18. The average molecular weight is 500 g/mol. The maximum Gasteiger partial charge on any atom is 0.313 e. The standard InChI is InChI=1S/C27H49NO5S/c1-4-6-8-10-11-12-13-15-21-19-22(32-26(21)24(28)17-18-34(3,30)31)20-25-23(27(29)33-25)16-14-9-7-5-2/h22-25H,4-20,28H2,1-3H3/t22-,23-,24-,25-/m0/s1. The number of carbonyl (C=O) groups is 1. The van der Waals surface area contributed by atoms with Gasteiger partial charge >= 0.3 is 5.97 Å². The first-order valence-corrected chi connectivity index (χ1v) is 15.8. The van der Waals surface area contributed by atoms with E-state index < -0.39 is 15.9 Å². The van der Waals surface area contributed by atoms with Crippen LogP contribution in [0.5, 0.6) is 0 Å². The molecule has 0 unspecified atom stereocenters. The predicted molar refractivity (Wildman–Crippen MR) is 138 cm³/mol. The molecular formula is C27H49NO5S. The van der Waals surface area contributed by atoms with Crippen LogP contribution in [0.15, 0.2) is 11.3 Å². The number of nitrogens with two attached hydrogens (primary N) is 1. The van der Waals surface area contributed by atoms with Crippen molar-refractivity contribution in [3.63, 3.8) is 0 Å². The van der Waals surface area contributed by atoms with Crippen molar-refractivity contribution in [1.29, 1.82) is 0 Å². The molecule has 6 nitrogen and oxygen atoms in total. The summed E-state index contributed by atoms with van der Waals surface area (Å²) in [5.41, 5.74) is 7.65. The molecule has 7 heteroatoms. The molecular weight excluding hydrogens is 450 g/mol. The zero-order valence-corrected chi connectivity index (χ0v) is 22.7. The number of hydrogen-bond acceptors (Lipinski definition) is 6. The van der Waals surface area contributed by atoms with Gasteiger partial charge in [-0.15, -0.1) is 0 Å². The number of rotatable bonds is 19. The van der Waals surface area contributed by atoms with E-state index in [2.05, 4.69) is 13.8 Å². The lowest BCUT2D eigenvalue weighted by molar-refractivity contribution is -0.188. The Morgan fingerprint density at radius 2 is 1.56 bits per heavy atom. The summed E-state index contributed by atoms with van der Waals surface area (Å²) >= 11 is 0. The van der Waals surface area contributed by atoms with Crippen LogP contribution in [0.4, 0.5) is 0 Å². The van der Waals surface area contributed by atoms with Crippen LogP contribution in [-0.4, -0.2) is 44.6 Å². The lowest BCUT2D eigenvalue weighted by Gasteiger charge is -2.36. The number of cyclic esters (lactones) is 1. The third kappa shape index (κ3) is 10.3. The van der Waals surface area contributed by atoms with Crippen LogP contribution in [0.3, 0.4) is 0 Å². The van der Waals surface area contributed by atoms with Gasteiger partial charge in [-0.3, -0.25) is 4.79 Å². The van der Waals surface area contributed by atoms with Gasteiger partial charge < -0.3 is 15.2 Å². The molecule has 198 valence electrons. The third-order valence-corrected chi connectivity index (χ3v) is 8.19. The molecule has 1 saturated heterocycles. The third-order valence-electron chi connectivity index (χ3n) is 7.22. The number of hydrogen-bond donors (Lipinski definition) is 1. The smallest absolute Gasteiger partial charge is 0.313 e. The number of unbranched alkanes of at least 4 members (excludes halogenated alkanes) is 9. The van der Waals surface area contributed by atoms with E-state index in [1.54, 1.807) is 0 Å². The van der Waals surface area contributed by atoms with E-state index in [0.29, 0.717) is 12.8 Å². The molecule has 0 saturated carbocycles. The summed E-state index contributed by atoms with van der Waals surface area (Å²) < 4.78 is 35.1. The molecule has 0 aliphatic carbocycles. The van der Waals surface area contributed by atoms with Gasteiger partial charge in [0.15, 0.2) is 0 Å². The Bertz CT molecular complexity index is 748. The Morgan fingerprint density at radius 1 is 0.941 bits per heavy atom. The quantitative estimate of drug-likeness (QED) is 0.177. The van der Waals surface area contributed by atoms with Crippen molar-refractivity contribution < 1.29 is 22.7 Å². The first kappa shape index (κ1) is 29.2. The van der Waals surface area contributed by atoms with Crippen LogP contribution in [0.1, 0.15) is 117 Å². The fourth-order valence-corrected chi connectivity index (χ4v) is 5.80. The van der Waals surface area contributed by atoms with Crippen LogP contribution >= 0.6 is 0 Å². The Morgan fingerprint density at radius 3 is 2.18 bits per heavy atom. The molecule has 0 aromatic carbocycles. The van der Waals surface area contributed by atoms with Gasteiger partial charge in [0.05, 0.1) is 17.7 Å². The summed E-state index contributed by atoms with van der Waals surface area (Å²) in [5.74, 6) is 0.789. The number of ether oxygens (including phenoxy) is 2. The van der Waals surface area contributed by atoms with Gasteiger partial charge in [0.25, 0.3) is 0 Å². The summed E-state index contributed by atoms with van der Waals surface area (Å²) in [7, 11) is -3.07. The van der Waals surface area contributed by atoms with Crippen LogP contribution in [0, 0.1) is 5.92 Å². The fourth-order valence-electron chi connectivity index (χ4n) is 5.12. The second-order valence-electron chi connectivity index (χ2n) is 10.5. The topological polar surface area (TPSA) is 95.7 Å². The molecule has 0 bridgehead atoms. The van der Waals surface area contributed by atoms with Gasteiger partial charge in [0, 0.05) is 19.1 Å². The van der Waals surface area contributed by atoms with Crippen LogP contribution in [0.25, 0.3) is 0 Å². The number of sulfone groups is 1. The van der Waals surface area contributed by atoms with Gasteiger partial charge in [-0.2, -0.15) is 0 Å². The van der Waals surface area contributed by atoms with Gasteiger partial charge in [-0.05, 0) is 31.3 Å². The van der Waals surface area contributed by atoms with Crippen molar-refractivity contribution in [2.24, 2.45) is 11.7 Å². The normalized spacial score (nSPS) is 23.5. The highest BCUT2D eigenvalue weighted by Crippen LogP contribution is 2.38. The molecule has 34 heavy (non-hydrogen) atoms. The molecule has 0 spiro atoms. The first-order valence-electron chi connectivity index (χ1n) is 13.8. The highest BCUT2D eigenvalue weighted by atomic mass is 32.2. The van der Waals surface area contributed by atoms with Crippen LogP contribution in [0.2, 0.25) is 0 Å². The number of esters is 1. The summed E-state index contributed by atoms with van der Waals surface area (Å²) in [6, 6.07) is -0.395. The van der Waals surface area contributed by atoms with E-state index in [1.165, 1.54) is 63.2 Å². The highest BCUT2D eigenvalue weighted by Gasteiger charge is 2.44. The van der Waals surface area contributed by atoms with E-state index in [-0.39, 0.29) is 29.8 Å². The SMILES string of the molecule is CCCCCCCCCC1=C([C@@H](N)CCS(C)(=O)=O)O[C@H](C[C@@H]2OC(=O)[C@H]2CCCCCC)C1. The molecule has 0 aromatic rings. The maximum atomic E-state index is 12.0. The van der Waals surface area contributed by atoms with E-state index in [1.807, 2.05) is 0 Å². The highest BCUT2D eigenvalue weighted by molar-refractivity contribution is 7.90. The molecule has 0 radical (unpaired) electrons. The fraction of sp³-hybridized carbons (Fsp3) is 0.889. The maximum absolute atomic E-state index is 12.0. The monoisotopic (exact) mass is 499 g/mol. The lowest BCUT2D eigenvalue weighted by Crippen LogP contribution is -2.46. The first-order chi connectivity index (χ1) is 16.2. The Labute approximate surface area is 208 Å². The molecule has 0 amide bonds. The van der Waals surface area contributed by atoms with Crippen molar-refractivity contribution in [2.45, 2.75) is 135 Å². The van der Waals surface area contributed by atoms with Crippen molar-refractivity contribution in [1.82, 2.24) is 0 Å². The van der Waals surface area contributed by atoms with Gasteiger partial charge in [0.1, 0.15) is 27.8 Å². The van der Waals surface area contributed by atoms with Crippen molar-refractivity contribution in [3.8, 4) is 0 Å². The molecule has 2 aliphatic heterocycles. The minimum absolute atomic E-state index is 0.00464. The summed E-state index contributed by atoms with van der Waals surface area (Å²) in [5, 5.41) is 0. The van der Waals surface area contributed by atoms with Crippen molar-refractivity contribution >= 4 is 15.8 Å². The lowest BCUT2D eigenvalue weighted by atomic mass is 9.86. The van der Waals surface area contributed by atoms with Crippen LogP contribution in [-0.2, 0) is 24.1 Å². The Hall–Kier alpha value is -1.08. The Balaban J connectivity index is 1.88. The summed E-state index contributed by atoms with van der Waals surface area (Å²) in [6.45, 7) is 4.42. The van der Waals surface area contributed by atoms with Gasteiger partial charge in [-0.1, -0.05) is 78.1 Å². The van der Waals surface area contributed by atoms with E-state index in [4.69, 9.17) is 15.2 Å². The molecule has 2 rings (SSSR count). The largest absolute Gasteiger partial charge is 0.493 e. The zero-order chi connectivity index (χ0) is 25.0. The molecule has 2 aliphatic rings. The van der Waals surface area contributed by atoms with E-state index >= 15 is 0 Å². The van der Waals surface area contributed by atoms with Crippen LogP contribution < -0.4 is 5.73 Å². The van der Waals surface area contributed by atoms with Gasteiger partial charge in [0.2, 0.25) is 0 Å². The summed E-state index contributed by atoms with van der Waals surface area (Å²) in [4.78, 5) is 12.0. The molecule has 4 atom stereocenters. The molecule has 2 N–H and O–H groups in total. The number of carbonyl (C=O) groups excluding carboxylic acids is 1. The van der Waals surface area contributed by atoms with E-state index in [9.17, 15) is 13.2 Å². The van der Waals surface area contributed by atoms with Gasteiger partial charge in [-0.25, -0.2) is 8.42 Å².